The highest BCUT2D eigenvalue weighted by Crippen LogP contribution is 2.43. The molecule has 0 radical (unpaired) electrons. The quantitative estimate of drug-likeness (QED) is 0.825. The normalized spacial score (nSPS) is 28.7. The minimum Gasteiger partial charge on any atom is -0.492 e. The van der Waals surface area contributed by atoms with Gasteiger partial charge in [-0.1, -0.05) is 12.1 Å². The van der Waals surface area contributed by atoms with E-state index in [-0.39, 0.29) is 12.1 Å². The van der Waals surface area contributed by atoms with Crippen molar-refractivity contribution in [1.82, 2.24) is 4.31 Å². The summed E-state index contributed by atoms with van der Waals surface area (Å²) in [5.41, 5.74) is 0. The van der Waals surface area contributed by atoms with Crippen molar-refractivity contribution in [3.63, 3.8) is 0 Å². The van der Waals surface area contributed by atoms with Crippen LogP contribution >= 0.6 is 11.8 Å². The predicted molar refractivity (Wildman–Crippen MR) is 90.0 cm³/mol. The van der Waals surface area contributed by atoms with E-state index in [1.54, 1.807) is 22.5 Å². The van der Waals surface area contributed by atoms with Crippen LogP contribution in [0.4, 0.5) is 0 Å². The van der Waals surface area contributed by atoms with Crippen LogP contribution in [0.5, 0.6) is 5.75 Å². The minimum absolute atomic E-state index is 0.149. The van der Waals surface area contributed by atoms with Crippen LogP contribution in [-0.2, 0) is 10.0 Å². The summed E-state index contributed by atoms with van der Waals surface area (Å²) in [5.74, 6) is 0.469. The third-order valence-corrected chi connectivity index (χ3v) is 7.76. The van der Waals surface area contributed by atoms with Crippen molar-refractivity contribution in [2.45, 2.75) is 54.8 Å². The monoisotopic (exact) mass is 341 g/mol. The molecule has 4 nitrogen and oxygen atoms in total. The Morgan fingerprint density at radius 2 is 1.86 bits per heavy atom. The highest BCUT2D eigenvalue weighted by Gasteiger charge is 2.47. The lowest BCUT2D eigenvalue weighted by Crippen LogP contribution is -2.47. The number of nitrogens with zero attached hydrogens (tertiary/aromatic N) is 1. The van der Waals surface area contributed by atoms with E-state index in [0.717, 1.165) is 25.7 Å². The van der Waals surface area contributed by atoms with Gasteiger partial charge in [-0.2, -0.15) is 16.1 Å². The molecule has 1 aromatic rings. The van der Waals surface area contributed by atoms with Gasteiger partial charge in [0.15, 0.2) is 0 Å². The second-order valence-corrected chi connectivity index (χ2v) is 8.88. The number of benzene rings is 1. The molecule has 2 fully saturated rings. The van der Waals surface area contributed by atoms with Gasteiger partial charge in [0.1, 0.15) is 10.6 Å². The average molecular weight is 341 g/mol. The maximum Gasteiger partial charge on any atom is 0.247 e. The fourth-order valence-corrected chi connectivity index (χ4v) is 6.58. The van der Waals surface area contributed by atoms with Gasteiger partial charge in [-0.05, 0) is 51.0 Å². The lowest BCUT2D eigenvalue weighted by atomic mass is 10.1. The minimum atomic E-state index is -3.48. The fourth-order valence-electron chi connectivity index (χ4n) is 3.72. The number of piperidine rings is 1. The number of fused-ring (bicyclic) bond motifs is 2. The van der Waals surface area contributed by atoms with Gasteiger partial charge in [-0.15, -0.1) is 0 Å². The number of thioether (sulfide) groups is 1. The summed E-state index contributed by atoms with van der Waals surface area (Å²) in [5, 5.41) is 0.589. The lowest BCUT2D eigenvalue weighted by molar-refractivity contribution is 0.251. The smallest absolute Gasteiger partial charge is 0.247 e. The van der Waals surface area contributed by atoms with Gasteiger partial charge in [0, 0.05) is 17.3 Å². The van der Waals surface area contributed by atoms with Crippen molar-refractivity contribution in [3.05, 3.63) is 24.3 Å². The molecule has 6 heteroatoms. The Morgan fingerprint density at radius 3 is 2.45 bits per heavy atom. The van der Waals surface area contributed by atoms with E-state index in [1.165, 1.54) is 0 Å². The van der Waals surface area contributed by atoms with Gasteiger partial charge < -0.3 is 4.74 Å². The lowest BCUT2D eigenvalue weighted by Gasteiger charge is -2.37. The Bertz CT molecular complexity index is 618. The van der Waals surface area contributed by atoms with Crippen LogP contribution in [0.15, 0.2) is 29.2 Å². The molecule has 2 bridgehead atoms. The van der Waals surface area contributed by atoms with E-state index >= 15 is 0 Å². The molecule has 0 aromatic heterocycles. The summed E-state index contributed by atoms with van der Waals surface area (Å²) in [6, 6.07) is 7.30. The van der Waals surface area contributed by atoms with Crippen molar-refractivity contribution in [2.75, 3.05) is 12.9 Å². The summed E-state index contributed by atoms with van der Waals surface area (Å²) in [7, 11) is -3.48. The molecule has 2 heterocycles. The van der Waals surface area contributed by atoms with Crippen LogP contribution in [0.3, 0.4) is 0 Å². The second-order valence-electron chi connectivity index (χ2n) is 5.93. The Hall–Kier alpha value is -0.720. The zero-order valence-electron chi connectivity index (χ0n) is 13.1. The highest BCUT2D eigenvalue weighted by atomic mass is 32.2. The van der Waals surface area contributed by atoms with Gasteiger partial charge in [-0.25, -0.2) is 8.42 Å². The second kappa shape index (κ2) is 6.42. The topological polar surface area (TPSA) is 46.6 Å². The Labute approximate surface area is 137 Å². The predicted octanol–water partition coefficient (Wildman–Crippen LogP) is 3.13. The number of rotatable bonds is 5. The molecular weight excluding hydrogens is 318 g/mol. The molecule has 2 atom stereocenters. The van der Waals surface area contributed by atoms with Crippen LogP contribution in [-0.4, -0.2) is 42.9 Å². The first kappa shape index (κ1) is 16.1. The molecule has 2 saturated heterocycles. The van der Waals surface area contributed by atoms with Gasteiger partial charge in [0.05, 0.1) is 6.61 Å². The van der Waals surface area contributed by atoms with Gasteiger partial charge >= 0.3 is 0 Å². The van der Waals surface area contributed by atoms with Gasteiger partial charge in [-0.3, -0.25) is 0 Å². The number of sulfonamides is 1. The molecule has 1 aromatic carbocycles. The highest BCUT2D eigenvalue weighted by molar-refractivity contribution is 7.99. The van der Waals surface area contributed by atoms with Crippen molar-refractivity contribution in [2.24, 2.45) is 0 Å². The molecule has 0 unspecified atom stereocenters. The first-order valence-electron chi connectivity index (χ1n) is 7.86. The van der Waals surface area contributed by atoms with E-state index in [2.05, 4.69) is 6.26 Å². The molecule has 0 amide bonds. The van der Waals surface area contributed by atoms with E-state index < -0.39 is 10.0 Å². The van der Waals surface area contributed by atoms with Crippen LogP contribution < -0.4 is 4.74 Å². The summed E-state index contributed by atoms with van der Waals surface area (Å²) in [6.45, 7) is 2.34. The molecule has 122 valence electrons. The molecule has 3 rings (SSSR count). The first-order chi connectivity index (χ1) is 10.6. The zero-order valence-corrected chi connectivity index (χ0v) is 14.7. The largest absolute Gasteiger partial charge is 0.492 e. The third-order valence-electron chi connectivity index (χ3n) is 4.66. The van der Waals surface area contributed by atoms with Crippen LogP contribution in [0, 0.1) is 0 Å². The molecule has 2 aliphatic rings. The fraction of sp³-hybridized carbons (Fsp3) is 0.625. The van der Waals surface area contributed by atoms with E-state index in [0.29, 0.717) is 22.5 Å². The van der Waals surface area contributed by atoms with Crippen molar-refractivity contribution >= 4 is 21.8 Å². The van der Waals surface area contributed by atoms with Crippen LogP contribution in [0.1, 0.15) is 32.6 Å². The molecule has 0 aliphatic carbocycles. The Balaban J connectivity index is 1.95. The van der Waals surface area contributed by atoms with Gasteiger partial charge in [0.2, 0.25) is 10.0 Å². The van der Waals surface area contributed by atoms with Crippen LogP contribution in [0.25, 0.3) is 0 Å². The maximum atomic E-state index is 13.2. The first-order valence-corrected chi connectivity index (χ1v) is 10.6. The molecule has 2 aliphatic heterocycles. The standard InChI is InChI=1S/C16H23NO3S2/c1-3-20-15-6-4-5-7-16(15)22(18,19)17-12-8-9-13(17)11-14(10-12)21-2/h4-7,12-14H,3,8-11H2,1-2H3/t12-,13-/m0/s1. The third kappa shape index (κ3) is 2.76. The van der Waals surface area contributed by atoms with Crippen molar-refractivity contribution < 1.29 is 13.2 Å². The Kier molecular flexibility index (Phi) is 4.71. The van der Waals surface area contributed by atoms with Crippen molar-refractivity contribution in [1.29, 1.82) is 0 Å². The summed E-state index contributed by atoms with van der Waals surface area (Å²) >= 11 is 1.87. The molecule has 0 spiro atoms. The van der Waals surface area contributed by atoms with Crippen molar-refractivity contribution in [3.8, 4) is 5.75 Å². The zero-order chi connectivity index (χ0) is 15.7. The van der Waals surface area contributed by atoms with Crippen LogP contribution in [0.2, 0.25) is 0 Å². The number of hydrogen-bond donors (Lipinski definition) is 0. The molecule has 0 N–H and O–H groups in total. The van der Waals surface area contributed by atoms with E-state index in [4.69, 9.17) is 4.74 Å². The number of hydrogen-bond acceptors (Lipinski definition) is 4. The number of ether oxygens (including phenoxy) is 1. The van der Waals surface area contributed by atoms with E-state index in [1.807, 2.05) is 24.8 Å². The summed E-state index contributed by atoms with van der Waals surface area (Å²) < 4.78 is 33.7. The summed E-state index contributed by atoms with van der Waals surface area (Å²) in [4.78, 5) is 0.316. The molecule has 22 heavy (non-hydrogen) atoms. The SMILES string of the molecule is CCOc1ccccc1S(=O)(=O)N1[C@H]2CC[C@H]1CC(SC)C2. The number of para-hydroxylation sites is 1. The Morgan fingerprint density at radius 1 is 1.23 bits per heavy atom. The average Bonchev–Trinajstić information content (AvgIpc) is 2.80. The summed E-state index contributed by atoms with van der Waals surface area (Å²) in [6.07, 6.45) is 6.02. The van der Waals surface area contributed by atoms with Gasteiger partial charge in [0.25, 0.3) is 0 Å². The molecule has 0 saturated carbocycles. The molecular formula is C16H23NO3S2. The van der Waals surface area contributed by atoms with E-state index in [9.17, 15) is 8.42 Å². The maximum absolute atomic E-state index is 13.2.